The molecule has 0 aliphatic heterocycles. The molecule has 0 saturated carbocycles. The second-order valence-electron chi connectivity index (χ2n) is 4.98. The smallest absolute Gasteiger partial charge is 0.314 e. The van der Waals surface area contributed by atoms with Gasteiger partial charge in [-0.3, -0.25) is 19.9 Å². The molecule has 0 aliphatic rings. The second-order valence-corrected chi connectivity index (χ2v) is 4.98. The van der Waals surface area contributed by atoms with Crippen LogP contribution in [0, 0.1) is 10.1 Å². The molecule has 1 N–H and O–H groups in total. The minimum Gasteiger partial charge on any atom is -0.481 e. The molecular formula is C15H14N2O4. The summed E-state index contributed by atoms with van der Waals surface area (Å²) in [5.41, 5.74) is 0.0797. The van der Waals surface area contributed by atoms with Gasteiger partial charge < -0.3 is 5.11 Å². The van der Waals surface area contributed by atoms with Crippen LogP contribution in [-0.2, 0) is 16.6 Å². The minimum absolute atomic E-state index is 0.0622. The molecule has 21 heavy (non-hydrogen) atoms. The summed E-state index contributed by atoms with van der Waals surface area (Å²) in [6, 6.07) is 9.16. The summed E-state index contributed by atoms with van der Waals surface area (Å²) in [7, 11) is 0. The van der Waals surface area contributed by atoms with Crippen LogP contribution in [0.4, 0.5) is 5.69 Å². The fraction of sp³-hybridized carbons (Fsp3) is 0.200. The highest BCUT2D eigenvalue weighted by molar-refractivity contribution is 5.81. The number of nitro groups is 1. The van der Waals surface area contributed by atoms with Gasteiger partial charge in [-0.15, -0.1) is 0 Å². The first kappa shape index (κ1) is 14.6. The lowest BCUT2D eigenvalue weighted by atomic mass is 9.77. The molecule has 0 spiro atoms. The van der Waals surface area contributed by atoms with E-state index in [1.807, 2.05) is 0 Å². The zero-order valence-corrected chi connectivity index (χ0v) is 11.4. The summed E-state index contributed by atoms with van der Waals surface area (Å²) in [6.07, 6.45) is 3.49. The number of benzene rings is 1. The van der Waals surface area contributed by atoms with Gasteiger partial charge >= 0.3 is 5.97 Å². The van der Waals surface area contributed by atoms with Crippen LogP contribution in [0.5, 0.6) is 0 Å². The molecule has 108 valence electrons. The highest BCUT2D eigenvalue weighted by Gasteiger charge is 2.35. The number of carboxylic acid groups (broad SMARTS) is 1. The zero-order chi connectivity index (χ0) is 15.5. The summed E-state index contributed by atoms with van der Waals surface area (Å²) in [5.74, 6) is -0.986. The summed E-state index contributed by atoms with van der Waals surface area (Å²) in [4.78, 5) is 25.8. The Bertz CT molecular complexity index is 655. The molecule has 0 saturated heterocycles. The third-order valence-corrected chi connectivity index (χ3v) is 3.47. The standard InChI is InChI=1S/C15H14N2O4/c1-15(14(18)19,9-11-3-2-8-16-10-11)12-4-6-13(7-5-12)17(20)21/h2-8,10H,9H2,1H3,(H,18,19). The lowest BCUT2D eigenvalue weighted by Crippen LogP contribution is -2.34. The molecule has 6 nitrogen and oxygen atoms in total. The van der Waals surface area contributed by atoms with Crippen molar-refractivity contribution in [2.45, 2.75) is 18.8 Å². The third-order valence-electron chi connectivity index (χ3n) is 3.47. The largest absolute Gasteiger partial charge is 0.481 e. The number of aromatic nitrogens is 1. The molecule has 0 bridgehead atoms. The number of nitrogens with zero attached hydrogens (tertiary/aromatic N) is 2. The summed E-state index contributed by atoms with van der Waals surface area (Å²) in [6.45, 7) is 1.60. The molecule has 2 rings (SSSR count). The number of carbonyl (C=O) groups is 1. The highest BCUT2D eigenvalue weighted by atomic mass is 16.6. The van der Waals surface area contributed by atoms with Gasteiger partial charge in [-0.25, -0.2) is 0 Å². The molecule has 1 unspecified atom stereocenters. The van der Waals surface area contributed by atoms with Crippen molar-refractivity contribution in [2.24, 2.45) is 0 Å². The Morgan fingerprint density at radius 1 is 1.33 bits per heavy atom. The number of hydrogen-bond donors (Lipinski definition) is 1. The van der Waals surface area contributed by atoms with E-state index in [2.05, 4.69) is 4.98 Å². The van der Waals surface area contributed by atoms with E-state index in [0.29, 0.717) is 5.56 Å². The molecule has 0 aliphatic carbocycles. The SMILES string of the molecule is CC(Cc1cccnc1)(C(=O)O)c1ccc([N+](=O)[O-])cc1. The van der Waals surface area contributed by atoms with Crippen LogP contribution in [-0.4, -0.2) is 21.0 Å². The molecule has 0 radical (unpaired) electrons. The van der Waals surface area contributed by atoms with Gasteiger partial charge in [-0.2, -0.15) is 0 Å². The van der Waals surface area contributed by atoms with Crippen molar-refractivity contribution in [3.05, 3.63) is 70.0 Å². The topological polar surface area (TPSA) is 93.3 Å². The van der Waals surface area contributed by atoms with Crippen molar-refractivity contribution in [1.82, 2.24) is 4.98 Å². The van der Waals surface area contributed by atoms with Gasteiger partial charge in [0.2, 0.25) is 0 Å². The van der Waals surface area contributed by atoms with E-state index in [9.17, 15) is 20.0 Å². The van der Waals surface area contributed by atoms with Crippen molar-refractivity contribution in [1.29, 1.82) is 0 Å². The molecule has 2 aromatic rings. The molecule has 1 heterocycles. The quantitative estimate of drug-likeness (QED) is 0.673. The average molecular weight is 286 g/mol. The fourth-order valence-corrected chi connectivity index (χ4v) is 2.16. The Morgan fingerprint density at radius 3 is 2.48 bits per heavy atom. The Kier molecular flexibility index (Phi) is 3.98. The number of non-ortho nitro benzene ring substituents is 1. The molecule has 0 amide bonds. The molecule has 1 aromatic heterocycles. The fourth-order valence-electron chi connectivity index (χ4n) is 2.16. The van der Waals surface area contributed by atoms with Crippen molar-refractivity contribution >= 4 is 11.7 Å². The molecule has 0 fully saturated rings. The Morgan fingerprint density at radius 2 is 2.00 bits per heavy atom. The monoisotopic (exact) mass is 286 g/mol. The maximum absolute atomic E-state index is 11.7. The van der Waals surface area contributed by atoms with Crippen LogP contribution < -0.4 is 0 Å². The van der Waals surface area contributed by atoms with Gasteiger partial charge in [0.15, 0.2) is 0 Å². The predicted octanol–water partition coefficient (Wildman–Crippen LogP) is 2.57. The Labute approximate surface area is 121 Å². The summed E-state index contributed by atoms with van der Waals surface area (Å²) in [5, 5.41) is 20.2. The molecular weight excluding hydrogens is 272 g/mol. The van der Waals surface area contributed by atoms with E-state index in [4.69, 9.17) is 0 Å². The van der Waals surface area contributed by atoms with Crippen LogP contribution in [0.3, 0.4) is 0 Å². The van der Waals surface area contributed by atoms with Crippen LogP contribution in [0.25, 0.3) is 0 Å². The lowest BCUT2D eigenvalue weighted by Gasteiger charge is -2.25. The normalized spacial score (nSPS) is 13.4. The Hall–Kier alpha value is -2.76. The lowest BCUT2D eigenvalue weighted by molar-refractivity contribution is -0.384. The van der Waals surface area contributed by atoms with E-state index in [-0.39, 0.29) is 12.1 Å². The maximum atomic E-state index is 11.7. The van der Waals surface area contributed by atoms with Gasteiger partial charge in [-0.1, -0.05) is 18.2 Å². The van der Waals surface area contributed by atoms with E-state index in [0.717, 1.165) is 5.56 Å². The van der Waals surface area contributed by atoms with Gasteiger partial charge in [0.1, 0.15) is 0 Å². The van der Waals surface area contributed by atoms with Gasteiger partial charge in [0.25, 0.3) is 5.69 Å². The van der Waals surface area contributed by atoms with Gasteiger partial charge in [-0.05, 0) is 30.5 Å². The van der Waals surface area contributed by atoms with E-state index < -0.39 is 16.3 Å². The molecule has 6 heteroatoms. The van der Waals surface area contributed by atoms with Crippen LogP contribution in [0.15, 0.2) is 48.8 Å². The van der Waals surface area contributed by atoms with Crippen molar-refractivity contribution in [3.63, 3.8) is 0 Å². The third kappa shape index (κ3) is 3.05. The molecule has 1 atom stereocenters. The minimum atomic E-state index is -1.17. The van der Waals surface area contributed by atoms with Crippen LogP contribution in [0.1, 0.15) is 18.1 Å². The second kappa shape index (κ2) is 5.70. The molecule has 1 aromatic carbocycles. The van der Waals surface area contributed by atoms with Crippen molar-refractivity contribution in [3.8, 4) is 0 Å². The van der Waals surface area contributed by atoms with Crippen LogP contribution >= 0.6 is 0 Å². The Balaban J connectivity index is 2.37. The first-order valence-corrected chi connectivity index (χ1v) is 6.31. The van der Waals surface area contributed by atoms with Gasteiger partial charge in [0, 0.05) is 24.5 Å². The van der Waals surface area contributed by atoms with E-state index >= 15 is 0 Å². The van der Waals surface area contributed by atoms with Crippen LogP contribution in [0.2, 0.25) is 0 Å². The first-order chi connectivity index (χ1) is 9.93. The predicted molar refractivity (Wildman–Crippen MR) is 76.0 cm³/mol. The van der Waals surface area contributed by atoms with Crippen molar-refractivity contribution < 1.29 is 14.8 Å². The number of nitro benzene ring substituents is 1. The number of hydrogen-bond acceptors (Lipinski definition) is 4. The first-order valence-electron chi connectivity index (χ1n) is 6.31. The van der Waals surface area contributed by atoms with E-state index in [1.54, 1.807) is 31.5 Å². The zero-order valence-electron chi connectivity index (χ0n) is 11.4. The van der Waals surface area contributed by atoms with Gasteiger partial charge in [0.05, 0.1) is 10.3 Å². The van der Waals surface area contributed by atoms with Crippen molar-refractivity contribution in [2.75, 3.05) is 0 Å². The summed E-state index contributed by atoms with van der Waals surface area (Å²) >= 11 is 0. The highest BCUT2D eigenvalue weighted by Crippen LogP contribution is 2.29. The number of aliphatic carboxylic acids is 1. The summed E-state index contributed by atoms with van der Waals surface area (Å²) < 4.78 is 0. The van der Waals surface area contributed by atoms with E-state index in [1.165, 1.54) is 24.3 Å². The maximum Gasteiger partial charge on any atom is 0.314 e. The number of pyridine rings is 1. The average Bonchev–Trinajstić information content (AvgIpc) is 2.48. The number of rotatable bonds is 5. The number of carboxylic acids is 1.